The summed E-state index contributed by atoms with van der Waals surface area (Å²) >= 11 is 0. The lowest BCUT2D eigenvalue weighted by Gasteiger charge is -2.38. The Morgan fingerprint density at radius 1 is 1.29 bits per heavy atom. The maximum Gasteiger partial charge on any atom is 0.214 e. The first-order valence-corrected chi connectivity index (χ1v) is 8.56. The Labute approximate surface area is 143 Å². The largest absolute Gasteiger partial charge is 0.739 e. The number of nitrogens with zero attached hydrogens (tertiary/aromatic N) is 3. The second kappa shape index (κ2) is 7.83. The van der Waals surface area contributed by atoms with Gasteiger partial charge in [-0.25, -0.2) is 0 Å². The van der Waals surface area contributed by atoms with E-state index in [1.807, 2.05) is 6.07 Å². The third-order valence-corrected chi connectivity index (χ3v) is 4.53. The van der Waals surface area contributed by atoms with E-state index in [1.54, 1.807) is 7.11 Å². The lowest BCUT2D eigenvalue weighted by molar-refractivity contribution is 0.161. The minimum Gasteiger partial charge on any atom is -0.739 e. The molecular formula is C17H26N5O2-. The average molecular weight is 332 g/mol. The molecule has 0 fully saturated rings. The van der Waals surface area contributed by atoms with Crippen molar-refractivity contribution < 1.29 is 4.74 Å². The van der Waals surface area contributed by atoms with Gasteiger partial charge in [-0.1, -0.05) is 0 Å². The predicted molar refractivity (Wildman–Crippen MR) is 97.4 cm³/mol. The van der Waals surface area contributed by atoms with Gasteiger partial charge in [0.2, 0.25) is 5.96 Å². The van der Waals surface area contributed by atoms with Crippen molar-refractivity contribution in [2.75, 3.05) is 50.9 Å². The number of hydrazine groups is 1. The van der Waals surface area contributed by atoms with Crippen molar-refractivity contribution in [2.24, 2.45) is 4.99 Å². The first-order chi connectivity index (χ1) is 11.7. The number of aryl methyl sites for hydroxylation is 2. The fraction of sp³-hybridized carbons (Fsp3) is 0.588. The van der Waals surface area contributed by atoms with E-state index in [1.165, 1.54) is 17.5 Å². The van der Waals surface area contributed by atoms with Gasteiger partial charge in [-0.15, -0.1) is 0 Å². The number of fused-ring (bicyclic) bond motifs is 2. The van der Waals surface area contributed by atoms with Gasteiger partial charge in [0.1, 0.15) is 0 Å². The smallest absolute Gasteiger partial charge is 0.214 e. The highest BCUT2D eigenvalue weighted by molar-refractivity contribution is 6.01. The molecule has 132 valence electrons. The van der Waals surface area contributed by atoms with Gasteiger partial charge in [0.15, 0.2) is 0 Å². The molecule has 0 radical (unpaired) electrons. The minimum atomic E-state index is 0.523. The van der Waals surface area contributed by atoms with Crippen molar-refractivity contribution in [2.45, 2.75) is 25.7 Å². The number of methoxy groups -OCH3 is 1. The molecule has 7 heteroatoms. The molecule has 0 amide bonds. The lowest BCUT2D eigenvalue weighted by Crippen LogP contribution is -2.46. The summed E-state index contributed by atoms with van der Waals surface area (Å²) in [4.78, 5) is 6.69. The molecule has 1 aromatic carbocycles. The molecule has 0 bridgehead atoms. The monoisotopic (exact) mass is 332 g/mol. The van der Waals surface area contributed by atoms with Crippen LogP contribution in [0, 0.1) is 5.21 Å². The first kappa shape index (κ1) is 17.0. The molecular weight excluding hydrogens is 306 g/mol. The summed E-state index contributed by atoms with van der Waals surface area (Å²) in [5.74, 6) is 0.523. The number of aliphatic imine (C=N–C) groups is 1. The zero-order chi connectivity index (χ0) is 16.9. The first-order valence-electron chi connectivity index (χ1n) is 8.56. The lowest BCUT2D eigenvalue weighted by atomic mass is 10.1. The molecule has 0 unspecified atom stereocenters. The maximum atomic E-state index is 12.2. The van der Waals surface area contributed by atoms with Crippen molar-refractivity contribution in [3.8, 4) is 0 Å². The molecule has 2 aliphatic rings. The molecule has 3 rings (SSSR count). The summed E-state index contributed by atoms with van der Waals surface area (Å²) in [5.41, 5.74) is 6.90. The zero-order valence-electron chi connectivity index (χ0n) is 14.5. The van der Waals surface area contributed by atoms with Gasteiger partial charge in [0.25, 0.3) is 0 Å². The number of guanidine groups is 1. The Bertz CT molecular complexity index is 605. The molecule has 0 aromatic heterocycles. The summed E-state index contributed by atoms with van der Waals surface area (Å²) in [7, 11) is 3.78. The van der Waals surface area contributed by atoms with Crippen LogP contribution in [0.4, 0.5) is 11.4 Å². The average Bonchev–Trinajstić information content (AvgIpc) is 3.02. The number of hydrogen-bond donors (Lipinski definition) is 2. The van der Waals surface area contributed by atoms with Crippen molar-refractivity contribution >= 4 is 17.3 Å². The standard InChI is InChI=1S/C17H26N5O2/c1-21(9-10-24-2)8-4-7-18-17-19-15-11-13-5-3-6-14(13)12-16(15)22(23)20-17/h11-12H,3-10H2,1-2H3,(H2,18,19,20)/q-1. The van der Waals surface area contributed by atoms with Gasteiger partial charge in [-0.3, -0.25) is 10.4 Å². The normalized spacial score (nSPS) is 17.7. The van der Waals surface area contributed by atoms with Gasteiger partial charge in [-0.05, 0) is 62.5 Å². The number of ether oxygens (including phenoxy) is 1. The molecule has 0 saturated carbocycles. The van der Waals surface area contributed by atoms with Crippen LogP contribution >= 0.6 is 0 Å². The molecule has 2 N–H and O–H groups in total. The topological polar surface area (TPSA) is 75.2 Å². The molecule has 0 spiro atoms. The van der Waals surface area contributed by atoms with Crippen LogP contribution in [0.15, 0.2) is 17.1 Å². The van der Waals surface area contributed by atoms with E-state index in [0.29, 0.717) is 18.2 Å². The summed E-state index contributed by atoms with van der Waals surface area (Å²) in [6.45, 7) is 3.27. The van der Waals surface area contributed by atoms with Crippen LogP contribution in [0.5, 0.6) is 0 Å². The van der Waals surface area contributed by atoms with Gasteiger partial charge in [-0.2, -0.15) is 0 Å². The third-order valence-electron chi connectivity index (χ3n) is 4.53. The Balaban J connectivity index is 1.55. The molecule has 1 aliphatic carbocycles. The number of likely N-dealkylation sites (N-methyl/N-ethyl adjacent to an activating group) is 1. The molecule has 1 aliphatic heterocycles. The van der Waals surface area contributed by atoms with Crippen LogP contribution in [-0.2, 0) is 17.6 Å². The quantitative estimate of drug-likeness (QED) is 0.741. The Morgan fingerprint density at radius 3 is 2.88 bits per heavy atom. The van der Waals surface area contributed by atoms with Crippen LogP contribution in [0.25, 0.3) is 0 Å². The molecule has 1 aromatic rings. The van der Waals surface area contributed by atoms with Crippen LogP contribution in [0.2, 0.25) is 0 Å². The van der Waals surface area contributed by atoms with E-state index in [2.05, 4.69) is 33.7 Å². The van der Waals surface area contributed by atoms with E-state index >= 15 is 0 Å². The summed E-state index contributed by atoms with van der Waals surface area (Å²) in [5, 5.41) is 16.3. The highest BCUT2D eigenvalue weighted by Gasteiger charge is 2.19. The van der Waals surface area contributed by atoms with E-state index in [4.69, 9.17) is 4.74 Å². The van der Waals surface area contributed by atoms with E-state index in [9.17, 15) is 5.21 Å². The second-order valence-corrected chi connectivity index (χ2v) is 6.40. The van der Waals surface area contributed by atoms with E-state index in [-0.39, 0.29) is 0 Å². The summed E-state index contributed by atoms with van der Waals surface area (Å²) < 4.78 is 5.06. The molecule has 1 heterocycles. The van der Waals surface area contributed by atoms with Gasteiger partial charge < -0.3 is 25.3 Å². The van der Waals surface area contributed by atoms with Gasteiger partial charge in [0.05, 0.1) is 18.0 Å². The Morgan fingerprint density at radius 2 is 2.08 bits per heavy atom. The van der Waals surface area contributed by atoms with Gasteiger partial charge in [0, 0.05) is 20.2 Å². The van der Waals surface area contributed by atoms with Crippen molar-refractivity contribution in [3.63, 3.8) is 0 Å². The number of hydrogen-bond acceptors (Lipinski definition) is 5. The van der Waals surface area contributed by atoms with Crippen LogP contribution in [0.1, 0.15) is 24.0 Å². The summed E-state index contributed by atoms with van der Waals surface area (Å²) in [6.07, 6.45) is 4.26. The minimum absolute atomic E-state index is 0.523. The fourth-order valence-electron chi connectivity index (χ4n) is 3.16. The van der Waals surface area contributed by atoms with E-state index < -0.39 is 0 Å². The maximum absolute atomic E-state index is 12.2. The van der Waals surface area contributed by atoms with Crippen LogP contribution in [-0.4, -0.2) is 51.3 Å². The number of nitrogens with one attached hydrogen (secondary N) is 2. The highest BCUT2D eigenvalue weighted by atomic mass is 16.5. The molecule has 0 saturated heterocycles. The van der Waals surface area contributed by atoms with Crippen LogP contribution < -0.4 is 15.9 Å². The number of benzene rings is 1. The second-order valence-electron chi connectivity index (χ2n) is 6.40. The fourth-order valence-corrected chi connectivity index (χ4v) is 3.16. The Kier molecular flexibility index (Phi) is 5.55. The summed E-state index contributed by atoms with van der Waals surface area (Å²) in [6, 6.07) is 4.09. The number of anilines is 2. The SMILES string of the molecule is COCCN(C)CCCN=C1Nc2cc3c(cc2N([O-])N1)CCC3. The van der Waals surface area contributed by atoms with Crippen molar-refractivity contribution in [3.05, 3.63) is 28.5 Å². The zero-order valence-corrected chi connectivity index (χ0v) is 14.5. The van der Waals surface area contributed by atoms with Crippen molar-refractivity contribution in [1.29, 1.82) is 0 Å². The highest BCUT2D eigenvalue weighted by Crippen LogP contribution is 2.34. The Hall–Kier alpha value is -1.83. The molecule has 24 heavy (non-hydrogen) atoms. The van der Waals surface area contributed by atoms with Crippen molar-refractivity contribution in [1.82, 2.24) is 10.3 Å². The van der Waals surface area contributed by atoms with E-state index in [0.717, 1.165) is 49.8 Å². The molecule has 0 atom stereocenters. The predicted octanol–water partition coefficient (Wildman–Crippen LogP) is 1.73. The van der Waals surface area contributed by atoms with Crippen LogP contribution in [0.3, 0.4) is 0 Å². The number of rotatable bonds is 7. The van der Waals surface area contributed by atoms with Gasteiger partial charge >= 0.3 is 0 Å². The third kappa shape index (κ3) is 3.98. The molecule has 7 nitrogen and oxygen atoms in total.